The maximum atomic E-state index is 4.06. The Labute approximate surface area is 112 Å². The first-order valence-corrected chi connectivity index (χ1v) is 6.98. The Balaban J connectivity index is 2.38. The molecule has 0 aliphatic rings. The van der Waals surface area contributed by atoms with Gasteiger partial charge in [0.25, 0.3) is 0 Å². The quantitative estimate of drug-likeness (QED) is 0.573. The van der Waals surface area contributed by atoms with Crippen molar-refractivity contribution in [2.24, 2.45) is 4.99 Å². The van der Waals surface area contributed by atoms with Gasteiger partial charge in [0.15, 0.2) is 0 Å². The first kappa shape index (κ1) is 11.6. The van der Waals surface area contributed by atoms with E-state index in [9.17, 15) is 0 Å². The molecular formula is C11H7BrN3W-. The van der Waals surface area contributed by atoms with Gasteiger partial charge in [-0.2, -0.15) is 0 Å². The monoisotopic (exact) mass is 444 g/mol. The van der Waals surface area contributed by atoms with Crippen molar-refractivity contribution in [3.63, 3.8) is 0 Å². The number of nitrogens with one attached hydrogen (secondary N) is 1. The van der Waals surface area contributed by atoms with Crippen molar-refractivity contribution in [1.82, 2.24) is 9.97 Å². The molecule has 0 aliphatic carbocycles. The van der Waals surface area contributed by atoms with Crippen molar-refractivity contribution in [1.29, 1.82) is 0 Å². The number of rotatable bonds is 3. The molecule has 0 radical (unpaired) electrons. The summed E-state index contributed by atoms with van der Waals surface area (Å²) in [6.45, 7) is 0. The SMILES string of the molecule is Brc1c([C-]=CC=N[CH]=[W])[nH]c2cnccc12. The van der Waals surface area contributed by atoms with Crippen LogP contribution in [0.2, 0.25) is 0 Å². The fourth-order valence-electron chi connectivity index (χ4n) is 1.31. The molecule has 3 nitrogen and oxygen atoms in total. The standard InChI is InChI=1S/C11H7BrN3.W/c1-13-5-2-3-9-11(12)8-4-6-14-7-10(8)15-9;/h1-2,4-7,15H;/q-1;. The van der Waals surface area contributed by atoms with Gasteiger partial charge < -0.3 is 0 Å². The molecule has 0 unspecified atom stereocenters. The van der Waals surface area contributed by atoms with E-state index < -0.39 is 0 Å². The van der Waals surface area contributed by atoms with Crippen molar-refractivity contribution < 1.29 is 19.4 Å². The molecule has 0 amide bonds. The van der Waals surface area contributed by atoms with E-state index in [4.69, 9.17) is 0 Å². The van der Waals surface area contributed by atoms with E-state index in [1.165, 1.54) is 19.4 Å². The van der Waals surface area contributed by atoms with Crippen LogP contribution in [0.3, 0.4) is 0 Å². The number of nitrogens with zero attached hydrogens (tertiary/aromatic N) is 2. The van der Waals surface area contributed by atoms with Crippen LogP contribution >= 0.6 is 15.9 Å². The zero-order chi connectivity index (χ0) is 11.4. The Morgan fingerprint density at radius 1 is 1.56 bits per heavy atom. The average Bonchev–Trinajstić information content (AvgIpc) is 2.63. The van der Waals surface area contributed by atoms with Gasteiger partial charge in [0.05, 0.1) is 0 Å². The second-order valence-corrected chi connectivity index (χ2v) is 4.50. The number of aromatic nitrogens is 2. The second-order valence-electron chi connectivity index (χ2n) is 2.95. The van der Waals surface area contributed by atoms with Gasteiger partial charge in [-0.3, -0.25) is 0 Å². The molecule has 2 heterocycles. The fraction of sp³-hybridized carbons (Fsp3) is 0. The van der Waals surface area contributed by atoms with E-state index in [1.807, 2.05) is 10.6 Å². The van der Waals surface area contributed by atoms with Crippen molar-refractivity contribution >= 4 is 37.6 Å². The summed E-state index contributed by atoms with van der Waals surface area (Å²) in [6.07, 6.45) is 10.2. The number of allylic oxidation sites excluding steroid dienone is 1. The molecule has 0 saturated carbocycles. The number of H-pyrrole nitrogens is 1. The molecule has 2 rings (SSSR count). The van der Waals surface area contributed by atoms with Crippen LogP contribution in [0.1, 0.15) is 5.69 Å². The number of pyridine rings is 1. The molecule has 2 aromatic heterocycles. The zero-order valence-electron chi connectivity index (χ0n) is 8.14. The van der Waals surface area contributed by atoms with Crippen molar-refractivity contribution in [3.8, 4) is 0 Å². The fourth-order valence-corrected chi connectivity index (χ4v) is 2.12. The Hall–Kier alpha value is -0.862. The van der Waals surface area contributed by atoms with Crippen LogP contribution in [0, 0.1) is 6.08 Å². The third-order valence-electron chi connectivity index (χ3n) is 1.99. The molecule has 0 aromatic carbocycles. The molecule has 0 atom stereocenters. The van der Waals surface area contributed by atoms with Gasteiger partial charge >= 0.3 is 113 Å². The number of hydrogen-bond acceptors (Lipinski definition) is 2. The third kappa shape index (κ3) is 2.44. The molecule has 0 spiro atoms. The number of aromatic amines is 1. The summed E-state index contributed by atoms with van der Waals surface area (Å²) < 4.78 is 2.81. The minimum absolute atomic E-state index is 0.901. The molecule has 5 heteroatoms. The Morgan fingerprint density at radius 2 is 2.44 bits per heavy atom. The first-order chi connectivity index (χ1) is 7.83. The van der Waals surface area contributed by atoms with E-state index in [-0.39, 0.29) is 0 Å². The zero-order valence-corrected chi connectivity index (χ0v) is 12.7. The van der Waals surface area contributed by atoms with E-state index in [0.29, 0.717) is 0 Å². The topological polar surface area (TPSA) is 41.0 Å². The van der Waals surface area contributed by atoms with Crippen molar-refractivity contribution in [2.75, 3.05) is 0 Å². The van der Waals surface area contributed by atoms with Crippen molar-refractivity contribution in [2.45, 2.75) is 0 Å². The number of aliphatic imine (C=N–C) groups is 1. The summed E-state index contributed by atoms with van der Waals surface area (Å²) >= 11 is 4.86. The van der Waals surface area contributed by atoms with Crippen LogP contribution in [0.5, 0.6) is 0 Å². The van der Waals surface area contributed by atoms with Gasteiger partial charge in [-0.05, 0) is 0 Å². The number of fused-ring (bicyclic) bond motifs is 1. The van der Waals surface area contributed by atoms with Crippen molar-refractivity contribution in [3.05, 3.63) is 40.8 Å². The second kappa shape index (κ2) is 5.46. The molecule has 1 N–H and O–H groups in total. The van der Waals surface area contributed by atoms with Crippen LogP contribution in [0.25, 0.3) is 10.9 Å². The summed E-state index contributed by atoms with van der Waals surface area (Å²) in [5, 5.41) is 1.11. The predicted octanol–water partition coefficient (Wildman–Crippen LogP) is 2.41. The van der Waals surface area contributed by atoms with E-state index in [0.717, 1.165) is 21.1 Å². The molecule has 16 heavy (non-hydrogen) atoms. The number of hydrogen-bond donors (Lipinski definition) is 1. The summed E-state index contributed by atoms with van der Waals surface area (Å²) in [7, 11) is 0. The molecule has 0 fully saturated rings. The molecule has 2 aromatic rings. The third-order valence-corrected chi connectivity index (χ3v) is 3.25. The van der Waals surface area contributed by atoms with E-state index in [2.05, 4.69) is 37.0 Å². The molecule has 0 saturated heterocycles. The van der Waals surface area contributed by atoms with E-state index in [1.54, 1.807) is 24.7 Å². The van der Waals surface area contributed by atoms with Gasteiger partial charge in [-0.25, -0.2) is 0 Å². The number of halogens is 1. The van der Waals surface area contributed by atoms with Crippen LogP contribution < -0.4 is 0 Å². The van der Waals surface area contributed by atoms with Crippen LogP contribution in [-0.4, -0.2) is 20.7 Å². The summed E-state index contributed by atoms with van der Waals surface area (Å²) in [6, 6.07) is 1.96. The molecule has 80 valence electrons. The molecule has 0 bridgehead atoms. The molecule has 0 aliphatic heterocycles. The Morgan fingerprint density at radius 3 is 3.19 bits per heavy atom. The van der Waals surface area contributed by atoms with E-state index >= 15 is 0 Å². The Bertz CT molecular complexity index is 572. The first-order valence-electron chi connectivity index (χ1n) is 4.49. The van der Waals surface area contributed by atoms with Gasteiger partial charge in [0.2, 0.25) is 0 Å². The normalized spacial score (nSPS) is 11.8. The summed E-state index contributed by atoms with van der Waals surface area (Å²) in [5.41, 5.74) is 1.90. The van der Waals surface area contributed by atoms with Crippen LogP contribution in [0.4, 0.5) is 0 Å². The van der Waals surface area contributed by atoms with Gasteiger partial charge in [-0.1, -0.05) is 0 Å². The van der Waals surface area contributed by atoms with Gasteiger partial charge in [0, 0.05) is 0 Å². The van der Waals surface area contributed by atoms with Crippen LogP contribution in [-0.2, 0) is 19.4 Å². The summed E-state index contributed by atoms with van der Waals surface area (Å²) in [5.74, 6) is 0. The predicted molar refractivity (Wildman–Crippen MR) is 65.3 cm³/mol. The summed E-state index contributed by atoms with van der Waals surface area (Å²) in [4.78, 5) is 11.3. The van der Waals surface area contributed by atoms with Gasteiger partial charge in [0.1, 0.15) is 0 Å². The molecular weight excluding hydrogens is 438 g/mol. The Kier molecular flexibility index (Phi) is 3.97. The van der Waals surface area contributed by atoms with Crippen LogP contribution in [0.15, 0.2) is 34.0 Å². The average molecular weight is 445 g/mol. The van der Waals surface area contributed by atoms with Gasteiger partial charge in [-0.15, -0.1) is 0 Å². The maximum absolute atomic E-state index is 4.06. The minimum atomic E-state index is 0.901.